The van der Waals surface area contributed by atoms with Gasteiger partial charge in [0.1, 0.15) is 5.75 Å². The van der Waals surface area contributed by atoms with Gasteiger partial charge in [-0.05, 0) is 66.3 Å². The first-order valence-electron chi connectivity index (χ1n) is 11.5. The summed E-state index contributed by atoms with van der Waals surface area (Å²) in [5.74, 6) is 0.320. The Morgan fingerprint density at radius 3 is 2.47 bits per heavy atom. The van der Waals surface area contributed by atoms with Gasteiger partial charge in [0, 0.05) is 17.9 Å². The quantitative estimate of drug-likeness (QED) is 0.315. The lowest BCUT2D eigenvalue weighted by molar-refractivity contribution is 0.0697. The van der Waals surface area contributed by atoms with E-state index in [0.29, 0.717) is 5.56 Å². The summed E-state index contributed by atoms with van der Waals surface area (Å²) in [5.41, 5.74) is 5.19. The molecule has 1 aliphatic rings. The van der Waals surface area contributed by atoms with E-state index in [1.807, 2.05) is 35.7 Å². The van der Waals surface area contributed by atoms with E-state index in [1.165, 1.54) is 16.7 Å². The molecule has 0 fully saturated rings. The Morgan fingerprint density at radius 2 is 1.79 bits per heavy atom. The molecule has 0 aromatic heterocycles. The molecule has 1 aliphatic heterocycles. The fraction of sp³-hybridized carbons (Fsp3) is 0.276. The maximum absolute atomic E-state index is 11.2. The van der Waals surface area contributed by atoms with E-state index in [2.05, 4.69) is 73.2 Å². The molecule has 0 spiro atoms. The third-order valence-electron chi connectivity index (χ3n) is 6.46. The van der Waals surface area contributed by atoms with Gasteiger partial charge in [0.15, 0.2) is 0 Å². The number of ether oxygens (including phenoxy) is 1. The Hall–Kier alpha value is -2.63. The third-order valence-corrected chi connectivity index (χ3v) is 9.62. The topological polar surface area (TPSA) is 46.5 Å². The zero-order valence-electron chi connectivity index (χ0n) is 19.6. The second kappa shape index (κ2) is 11.2. The SMILES string of the molecule is CSC1(SC)CCOc2ccc(C(/C=C/c3ccc(C(=O)O)cc3)CCc3ccccc3)cc21. The summed E-state index contributed by atoms with van der Waals surface area (Å²) in [4.78, 5) is 11.2. The van der Waals surface area contributed by atoms with Gasteiger partial charge in [-0.1, -0.05) is 60.7 Å². The van der Waals surface area contributed by atoms with E-state index in [9.17, 15) is 4.79 Å². The van der Waals surface area contributed by atoms with Crippen LogP contribution in [0.1, 0.15) is 51.4 Å². The highest BCUT2D eigenvalue weighted by atomic mass is 32.2. The number of aryl methyl sites for hydroxylation is 1. The molecule has 4 rings (SSSR count). The minimum absolute atomic E-state index is 0.0178. The zero-order valence-corrected chi connectivity index (χ0v) is 21.2. The van der Waals surface area contributed by atoms with Crippen molar-refractivity contribution in [3.8, 4) is 5.75 Å². The van der Waals surface area contributed by atoms with Gasteiger partial charge in [0.25, 0.3) is 0 Å². The van der Waals surface area contributed by atoms with Crippen molar-refractivity contribution in [2.75, 3.05) is 19.1 Å². The van der Waals surface area contributed by atoms with E-state index in [-0.39, 0.29) is 10.00 Å². The average Bonchev–Trinajstić information content (AvgIpc) is 2.89. The predicted octanol–water partition coefficient (Wildman–Crippen LogP) is 7.48. The molecular weight excluding hydrogens is 460 g/mol. The van der Waals surface area contributed by atoms with Crippen LogP contribution >= 0.6 is 23.5 Å². The normalized spacial score (nSPS) is 15.5. The summed E-state index contributed by atoms with van der Waals surface area (Å²) < 4.78 is 6.03. The van der Waals surface area contributed by atoms with Crippen molar-refractivity contribution in [1.29, 1.82) is 0 Å². The van der Waals surface area contributed by atoms with Crippen LogP contribution in [0.15, 0.2) is 78.9 Å². The first-order valence-corrected chi connectivity index (χ1v) is 13.9. The molecule has 3 aromatic carbocycles. The maximum Gasteiger partial charge on any atom is 0.335 e. The van der Waals surface area contributed by atoms with Crippen molar-refractivity contribution in [2.45, 2.75) is 29.3 Å². The molecule has 0 saturated carbocycles. The average molecular weight is 491 g/mol. The Balaban J connectivity index is 1.65. The first-order chi connectivity index (χ1) is 16.5. The van der Waals surface area contributed by atoms with Gasteiger partial charge in [-0.25, -0.2) is 4.79 Å². The Morgan fingerprint density at radius 1 is 1.06 bits per heavy atom. The molecule has 0 aliphatic carbocycles. The molecule has 5 heteroatoms. The highest BCUT2D eigenvalue weighted by molar-refractivity contribution is 8.16. The van der Waals surface area contributed by atoms with Crippen LogP contribution in [0, 0.1) is 0 Å². The molecule has 0 bridgehead atoms. The molecule has 176 valence electrons. The number of thioether (sulfide) groups is 2. The molecule has 1 N–H and O–H groups in total. The van der Waals surface area contributed by atoms with Crippen LogP contribution in [0.5, 0.6) is 5.75 Å². The summed E-state index contributed by atoms with van der Waals surface area (Å²) in [6.45, 7) is 0.748. The summed E-state index contributed by atoms with van der Waals surface area (Å²) in [5, 5.41) is 9.17. The van der Waals surface area contributed by atoms with Crippen molar-refractivity contribution in [3.63, 3.8) is 0 Å². The van der Waals surface area contributed by atoms with Crippen molar-refractivity contribution >= 4 is 35.6 Å². The molecule has 1 unspecified atom stereocenters. The van der Waals surface area contributed by atoms with Gasteiger partial charge in [0.05, 0.1) is 16.2 Å². The Bertz CT molecular complexity index is 1140. The number of hydrogen-bond donors (Lipinski definition) is 1. The lowest BCUT2D eigenvalue weighted by Crippen LogP contribution is -2.26. The lowest BCUT2D eigenvalue weighted by Gasteiger charge is -2.36. The standard InChI is InChI=1S/C29H30O3S2/c1-33-29(34-2)18-19-32-27-17-16-25(20-26(27)29)23(12-8-21-6-4-3-5-7-21)13-9-22-10-14-24(15-11-22)28(30)31/h3-7,9-11,13-17,20,23H,8,12,18-19H2,1-2H3,(H,30,31)/b13-9+. The molecule has 1 atom stereocenters. The van der Waals surface area contributed by atoms with Crippen molar-refractivity contribution < 1.29 is 14.6 Å². The number of carboxylic acid groups (broad SMARTS) is 1. The van der Waals surface area contributed by atoms with Gasteiger partial charge >= 0.3 is 5.97 Å². The van der Waals surface area contributed by atoms with Crippen LogP contribution in [0.3, 0.4) is 0 Å². The highest BCUT2D eigenvalue weighted by Crippen LogP contribution is 2.53. The van der Waals surface area contributed by atoms with Crippen LogP contribution < -0.4 is 4.74 Å². The number of allylic oxidation sites excluding steroid dienone is 1. The van der Waals surface area contributed by atoms with Gasteiger partial charge in [0.2, 0.25) is 0 Å². The highest BCUT2D eigenvalue weighted by Gasteiger charge is 2.37. The van der Waals surface area contributed by atoms with Crippen molar-refractivity contribution in [1.82, 2.24) is 0 Å². The van der Waals surface area contributed by atoms with Crippen molar-refractivity contribution in [2.24, 2.45) is 0 Å². The summed E-state index contributed by atoms with van der Waals surface area (Å²) in [7, 11) is 0. The number of carbonyl (C=O) groups is 1. The van der Waals surface area contributed by atoms with Crippen LogP contribution in [0.2, 0.25) is 0 Å². The maximum atomic E-state index is 11.2. The summed E-state index contributed by atoms with van der Waals surface area (Å²) in [6, 6.07) is 24.3. The Kier molecular flexibility index (Phi) is 8.07. The lowest BCUT2D eigenvalue weighted by atomic mass is 9.89. The van der Waals surface area contributed by atoms with Crippen molar-refractivity contribution in [3.05, 3.63) is 107 Å². The second-order valence-corrected chi connectivity index (χ2v) is 10.9. The first kappa shape index (κ1) is 24.5. The second-order valence-electron chi connectivity index (χ2n) is 8.43. The number of rotatable bonds is 9. The number of aromatic carboxylic acids is 1. The van der Waals surface area contributed by atoms with Gasteiger partial charge in [-0.15, -0.1) is 23.5 Å². The minimum Gasteiger partial charge on any atom is -0.493 e. The Labute approximate surface area is 210 Å². The fourth-order valence-corrected chi connectivity index (χ4v) is 6.44. The number of hydrogen-bond acceptors (Lipinski definition) is 4. The molecule has 34 heavy (non-hydrogen) atoms. The van der Waals surface area contributed by atoms with E-state index in [1.54, 1.807) is 12.1 Å². The van der Waals surface area contributed by atoms with Crippen LogP contribution in [0.25, 0.3) is 6.08 Å². The number of fused-ring (bicyclic) bond motifs is 1. The van der Waals surface area contributed by atoms with E-state index < -0.39 is 5.97 Å². The molecule has 1 heterocycles. The molecule has 3 aromatic rings. The largest absolute Gasteiger partial charge is 0.493 e. The van der Waals surface area contributed by atoms with Crippen LogP contribution in [0.4, 0.5) is 0 Å². The molecule has 3 nitrogen and oxygen atoms in total. The number of carboxylic acids is 1. The summed E-state index contributed by atoms with van der Waals surface area (Å²) in [6.07, 6.45) is 11.7. The van der Waals surface area contributed by atoms with Crippen LogP contribution in [-0.4, -0.2) is 30.2 Å². The molecule has 0 saturated heterocycles. The van der Waals surface area contributed by atoms with E-state index >= 15 is 0 Å². The number of benzene rings is 3. The molecular formula is C29H30O3S2. The smallest absolute Gasteiger partial charge is 0.335 e. The van der Waals surface area contributed by atoms with Crippen LogP contribution in [-0.2, 0) is 10.5 Å². The molecule has 0 amide bonds. The predicted molar refractivity (Wildman–Crippen MR) is 145 cm³/mol. The zero-order chi connectivity index (χ0) is 24.0. The third kappa shape index (κ3) is 5.53. The molecule has 0 radical (unpaired) electrons. The monoisotopic (exact) mass is 490 g/mol. The van der Waals surface area contributed by atoms with E-state index in [4.69, 9.17) is 9.84 Å². The van der Waals surface area contributed by atoms with Gasteiger partial charge < -0.3 is 9.84 Å². The summed E-state index contributed by atoms with van der Waals surface area (Å²) >= 11 is 3.79. The fourth-order valence-electron chi connectivity index (χ4n) is 4.44. The minimum atomic E-state index is -0.904. The van der Waals surface area contributed by atoms with E-state index in [0.717, 1.165) is 37.2 Å². The van der Waals surface area contributed by atoms with Gasteiger partial charge in [-0.3, -0.25) is 0 Å². The van der Waals surface area contributed by atoms with Gasteiger partial charge in [-0.2, -0.15) is 0 Å².